The molecule has 0 spiro atoms. The minimum absolute atomic E-state index is 0.0300. The summed E-state index contributed by atoms with van der Waals surface area (Å²) in [7, 11) is 2.65. The molecule has 0 saturated carbocycles. The lowest BCUT2D eigenvalue weighted by Gasteiger charge is -2.11. The van der Waals surface area contributed by atoms with E-state index in [-0.39, 0.29) is 28.3 Å². The van der Waals surface area contributed by atoms with E-state index >= 15 is 0 Å². The summed E-state index contributed by atoms with van der Waals surface area (Å²) in [6.45, 7) is 0. The maximum Gasteiger partial charge on any atom is 0.416 e. The normalized spacial score (nSPS) is 11.6. The van der Waals surface area contributed by atoms with Gasteiger partial charge in [-0.2, -0.15) is 13.2 Å². The van der Waals surface area contributed by atoms with Crippen LogP contribution in [0.1, 0.15) is 21.6 Å². The van der Waals surface area contributed by atoms with Crippen LogP contribution in [0.3, 0.4) is 0 Å². The second-order valence-corrected chi connectivity index (χ2v) is 5.85. The van der Waals surface area contributed by atoms with E-state index in [1.165, 1.54) is 17.7 Å². The van der Waals surface area contributed by atoms with E-state index in [0.29, 0.717) is 5.52 Å². The molecule has 0 atom stereocenters. The van der Waals surface area contributed by atoms with Crippen LogP contribution in [0.25, 0.3) is 22.6 Å². The minimum Gasteiger partial charge on any atom is -0.506 e. The molecule has 3 rings (SSSR count). The number of alkyl halides is 3. The van der Waals surface area contributed by atoms with Crippen LogP contribution >= 0.6 is 0 Å². The Hall–Kier alpha value is -3.63. The van der Waals surface area contributed by atoms with Crippen molar-refractivity contribution >= 4 is 22.8 Å². The molecule has 146 valence electrons. The zero-order valence-corrected chi connectivity index (χ0v) is 14.6. The van der Waals surface area contributed by atoms with Crippen LogP contribution in [-0.4, -0.2) is 38.6 Å². The number of carbonyl (C=O) groups excluding carboxylic acids is 1. The second kappa shape index (κ2) is 6.51. The first-order valence-corrected chi connectivity index (χ1v) is 7.75. The largest absolute Gasteiger partial charge is 0.506 e. The molecule has 0 bridgehead atoms. The number of esters is 1. The molecule has 0 aliphatic heterocycles. The van der Waals surface area contributed by atoms with Gasteiger partial charge in [0.1, 0.15) is 23.0 Å². The number of halogens is 3. The third-order valence-corrected chi connectivity index (χ3v) is 4.08. The summed E-state index contributed by atoms with van der Waals surface area (Å²) in [5.74, 6) is -1.89. The molecule has 28 heavy (non-hydrogen) atoms. The zero-order chi connectivity index (χ0) is 20.8. The van der Waals surface area contributed by atoms with Gasteiger partial charge in [0, 0.05) is 7.05 Å². The van der Waals surface area contributed by atoms with Crippen molar-refractivity contribution in [2.45, 2.75) is 6.18 Å². The third kappa shape index (κ3) is 3.10. The van der Waals surface area contributed by atoms with E-state index in [9.17, 15) is 23.1 Å². The van der Waals surface area contributed by atoms with Gasteiger partial charge in [0.15, 0.2) is 5.82 Å². The zero-order valence-electron chi connectivity index (χ0n) is 14.6. The van der Waals surface area contributed by atoms with Crippen molar-refractivity contribution in [2.24, 2.45) is 12.8 Å². The first kappa shape index (κ1) is 19.1. The summed E-state index contributed by atoms with van der Waals surface area (Å²) in [4.78, 5) is 20.3. The summed E-state index contributed by atoms with van der Waals surface area (Å²) >= 11 is 0. The van der Waals surface area contributed by atoms with Crippen molar-refractivity contribution in [1.29, 1.82) is 5.41 Å². The second-order valence-electron chi connectivity index (χ2n) is 5.85. The number of rotatable bonds is 3. The third-order valence-electron chi connectivity index (χ3n) is 4.08. The lowest BCUT2D eigenvalue weighted by molar-refractivity contribution is -0.137. The molecule has 0 unspecified atom stereocenters. The monoisotopic (exact) mass is 393 g/mol. The van der Waals surface area contributed by atoms with Crippen molar-refractivity contribution in [2.75, 3.05) is 7.11 Å². The number of nitrogens with zero attached hydrogens (tertiary/aromatic N) is 3. The van der Waals surface area contributed by atoms with Gasteiger partial charge in [-0.1, -0.05) is 0 Å². The van der Waals surface area contributed by atoms with Gasteiger partial charge in [0.25, 0.3) is 0 Å². The first-order valence-electron chi connectivity index (χ1n) is 7.75. The van der Waals surface area contributed by atoms with Crippen molar-refractivity contribution in [3.63, 3.8) is 0 Å². The highest BCUT2D eigenvalue weighted by molar-refractivity contribution is 6.01. The number of fused-ring (bicyclic) bond motifs is 1. The number of nitrogens with one attached hydrogen (secondary N) is 1. The molecule has 2 aromatic heterocycles. The molecule has 11 heteroatoms. The summed E-state index contributed by atoms with van der Waals surface area (Å²) < 4.78 is 45.0. The lowest BCUT2D eigenvalue weighted by atomic mass is 10.1. The number of aromatic hydroxyl groups is 1. The lowest BCUT2D eigenvalue weighted by Crippen LogP contribution is -2.16. The molecule has 4 N–H and O–H groups in total. The van der Waals surface area contributed by atoms with Crippen LogP contribution in [0, 0.1) is 5.41 Å². The number of pyridine rings is 1. The average Bonchev–Trinajstić information content (AvgIpc) is 2.96. The van der Waals surface area contributed by atoms with Crippen molar-refractivity contribution in [3.05, 3.63) is 41.1 Å². The Morgan fingerprint density at radius 2 is 1.96 bits per heavy atom. The Morgan fingerprint density at radius 1 is 1.29 bits per heavy atom. The summed E-state index contributed by atoms with van der Waals surface area (Å²) in [5.41, 5.74) is 4.33. The highest BCUT2D eigenvalue weighted by Crippen LogP contribution is 2.33. The van der Waals surface area contributed by atoms with E-state index < -0.39 is 29.3 Å². The number of carbonyl (C=O) groups is 1. The summed E-state index contributed by atoms with van der Waals surface area (Å²) in [5, 5.41) is 17.5. The van der Waals surface area contributed by atoms with E-state index in [1.807, 2.05) is 0 Å². The molecule has 0 amide bonds. The quantitative estimate of drug-likeness (QED) is 0.356. The van der Waals surface area contributed by atoms with Crippen LogP contribution in [0.5, 0.6) is 5.75 Å². The Labute approximate surface area is 155 Å². The molecule has 2 heterocycles. The number of ether oxygens (including phenoxy) is 1. The standard InChI is InChI=1S/C17H14F3N5O3/c1-25-10-4-3-7(17(18,19)20)5-9(10)23-15(25)12-8(16(27)28-2)6-11(26)13(24-12)14(21)22/h3-6,26H,1-2H3,(H3,21,22). The van der Waals surface area contributed by atoms with Gasteiger partial charge in [-0.15, -0.1) is 0 Å². The Balaban J connectivity index is 2.31. The Bertz CT molecular complexity index is 1120. The SMILES string of the molecule is COC(=O)c1cc(O)c(C(=N)N)nc1-c1nc2cc(C(F)(F)F)ccc2n1C. The van der Waals surface area contributed by atoms with Gasteiger partial charge < -0.3 is 20.1 Å². The number of aryl methyl sites for hydroxylation is 1. The highest BCUT2D eigenvalue weighted by Gasteiger charge is 2.31. The first-order chi connectivity index (χ1) is 13.0. The number of aromatic nitrogens is 3. The van der Waals surface area contributed by atoms with Crippen LogP contribution in [0.4, 0.5) is 13.2 Å². The Morgan fingerprint density at radius 3 is 2.54 bits per heavy atom. The van der Waals surface area contributed by atoms with Gasteiger partial charge in [0.05, 0.1) is 29.3 Å². The topological polar surface area (TPSA) is 127 Å². The molecule has 0 aliphatic rings. The van der Waals surface area contributed by atoms with Gasteiger partial charge in [-0.25, -0.2) is 14.8 Å². The predicted octanol–water partition coefficient (Wildman–Crippen LogP) is 2.43. The fourth-order valence-electron chi connectivity index (χ4n) is 2.72. The van der Waals surface area contributed by atoms with E-state index in [1.54, 1.807) is 0 Å². The molecule has 0 fully saturated rings. The van der Waals surface area contributed by atoms with Crippen molar-refractivity contribution in [3.8, 4) is 17.3 Å². The molecule has 1 aromatic carbocycles. The number of nitrogens with two attached hydrogens (primary N) is 1. The molecular weight excluding hydrogens is 379 g/mol. The molecule has 3 aromatic rings. The van der Waals surface area contributed by atoms with Gasteiger partial charge >= 0.3 is 12.1 Å². The summed E-state index contributed by atoms with van der Waals surface area (Å²) in [6.07, 6.45) is -4.54. The van der Waals surface area contributed by atoms with E-state index in [4.69, 9.17) is 11.1 Å². The van der Waals surface area contributed by atoms with Crippen LogP contribution in [0.15, 0.2) is 24.3 Å². The number of imidazole rings is 1. The smallest absolute Gasteiger partial charge is 0.416 e. The van der Waals surface area contributed by atoms with Gasteiger partial charge in [-0.05, 0) is 24.3 Å². The molecule has 0 aliphatic carbocycles. The van der Waals surface area contributed by atoms with E-state index in [0.717, 1.165) is 25.3 Å². The molecule has 8 nitrogen and oxygen atoms in total. The number of amidine groups is 1. The number of nitrogen functional groups attached to an aromatic ring is 1. The number of hydrogen-bond donors (Lipinski definition) is 3. The number of benzene rings is 1. The number of hydrogen-bond acceptors (Lipinski definition) is 6. The summed E-state index contributed by atoms with van der Waals surface area (Å²) in [6, 6.07) is 4.06. The predicted molar refractivity (Wildman–Crippen MR) is 93.0 cm³/mol. The minimum atomic E-state index is -4.54. The van der Waals surface area contributed by atoms with E-state index in [2.05, 4.69) is 14.7 Å². The van der Waals surface area contributed by atoms with Crippen LogP contribution < -0.4 is 5.73 Å². The molecule has 0 radical (unpaired) electrons. The van der Waals surface area contributed by atoms with Crippen LogP contribution in [-0.2, 0) is 18.0 Å². The fourth-order valence-corrected chi connectivity index (χ4v) is 2.72. The maximum absolute atomic E-state index is 13.0. The van der Waals surface area contributed by atoms with Gasteiger partial charge in [-0.3, -0.25) is 5.41 Å². The van der Waals surface area contributed by atoms with Crippen molar-refractivity contribution in [1.82, 2.24) is 14.5 Å². The van der Waals surface area contributed by atoms with Crippen LogP contribution in [0.2, 0.25) is 0 Å². The molecular formula is C17H14F3N5O3. The maximum atomic E-state index is 13.0. The van der Waals surface area contributed by atoms with Gasteiger partial charge in [0.2, 0.25) is 0 Å². The average molecular weight is 393 g/mol. The highest BCUT2D eigenvalue weighted by atomic mass is 19.4. The van der Waals surface area contributed by atoms with Crippen molar-refractivity contribution < 1.29 is 27.8 Å². The Kier molecular flexibility index (Phi) is 4.45. The fraction of sp³-hybridized carbons (Fsp3) is 0.176. The molecule has 0 saturated heterocycles. The number of methoxy groups -OCH3 is 1.